The Labute approximate surface area is 111 Å². The van der Waals surface area contributed by atoms with Crippen molar-refractivity contribution in [2.75, 3.05) is 5.01 Å². The molecule has 0 fully saturated rings. The summed E-state index contributed by atoms with van der Waals surface area (Å²) in [7, 11) is 0. The molecule has 0 atom stereocenters. The molecule has 0 radical (unpaired) electrons. The molecule has 1 aromatic heterocycles. The highest BCUT2D eigenvalue weighted by Gasteiger charge is 2.22. The van der Waals surface area contributed by atoms with Gasteiger partial charge in [0.05, 0.1) is 11.4 Å². The van der Waals surface area contributed by atoms with Crippen LogP contribution in [0.5, 0.6) is 0 Å². The van der Waals surface area contributed by atoms with Gasteiger partial charge in [0.1, 0.15) is 4.99 Å². The first-order valence-electron chi connectivity index (χ1n) is 5.70. The fourth-order valence-corrected chi connectivity index (χ4v) is 2.18. The Morgan fingerprint density at radius 3 is 2.61 bits per heavy atom. The molecule has 0 aliphatic carbocycles. The van der Waals surface area contributed by atoms with Crippen LogP contribution in [0.25, 0.3) is 0 Å². The molecule has 88 valence electrons. The third-order valence-corrected chi connectivity index (χ3v) is 3.09. The molecule has 2 aromatic rings. The first kappa shape index (κ1) is 11.0. The summed E-state index contributed by atoms with van der Waals surface area (Å²) in [5, 5.41) is 6.40. The second-order valence-corrected chi connectivity index (χ2v) is 4.48. The van der Waals surface area contributed by atoms with Gasteiger partial charge in [-0.1, -0.05) is 30.4 Å². The number of para-hydroxylation sites is 1. The molecule has 3 nitrogen and oxygen atoms in total. The second kappa shape index (κ2) is 4.66. The molecule has 0 amide bonds. The van der Waals surface area contributed by atoms with Crippen molar-refractivity contribution in [2.45, 2.75) is 6.42 Å². The van der Waals surface area contributed by atoms with E-state index in [9.17, 15) is 0 Å². The van der Waals surface area contributed by atoms with Gasteiger partial charge < -0.3 is 0 Å². The molecular weight excluding hydrogens is 242 g/mol. The molecular formula is C14H11N3S. The highest BCUT2D eigenvalue weighted by molar-refractivity contribution is 7.80. The smallest absolute Gasteiger partial charge is 0.111 e. The van der Waals surface area contributed by atoms with E-state index in [-0.39, 0.29) is 0 Å². The zero-order valence-electron chi connectivity index (χ0n) is 9.65. The van der Waals surface area contributed by atoms with E-state index in [1.54, 1.807) is 6.20 Å². The van der Waals surface area contributed by atoms with Crippen molar-refractivity contribution < 1.29 is 0 Å². The van der Waals surface area contributed by atoms with E-state index in [4.69, 9.17) is 12.2 Å². The minimum atomic E-state index is 0.690. The largest absolute Gasteiger partial charge is 0.264 e. The van der Waals surface area contributed by atoms with Crippen LogP contribution in [-0.2, 0) is 0 Å². The van der Waals surface area contributed by atoms with Crippen LogP contribution in [0.4, 0.5) is 5.69 Å². The summed E-state index contributed by atoms with van der Waals surface area (Å²) in [5.41, 5.74) is 3.00. The van der Waals surface area contributed by atoms with Crippen molar-refractivity contribution in [3.63, 3.8) is 0 Å². The average Bonchev–Trinajstić information content (AvgIpc) is 2.83. The Balaban J connectivity index is 1.95. The number of nitrogens with zero attached hydrogens (tertiary/aromatic N) is 3. The summed E-state index contributed by atoms with van der Waals surface area (Å²) >= 11 is 5.39. The Morgan fingerprint density at radius 1 is 1.06 bits per heavy atom. The fraction of sp³-hybridized carbons (Fsp3) is 0.0714. The summed E-state index contributed by atoms with van der Waals surface area (Å²) < 4.78 is 0. The van der Waals surface area contributed by atoms with Crippen molar-refractivity contribution in [3.05, 3.63) is 60.4 Å². The highest BCUT2D eigenvalue weighted by Crippen LogP contribution is 2.23. The molecule has 2 heterocycles. The van der Waals surface area contributed by atoms with Crippen molar-refractivity contribution in [1.82, 2.24) is 4.98 Å². The lowest BCUT2D eigenvalue weighted by atomic mass is 10.1. The van der Waals surface area contributed by atoms with Crippen molar-refractivity contribution >= 4 is 28.6 Å². The summed E-state index contributed by atoms with van der Waals surface area (Å²) in [4.78, 5) is 4.93. The summed E-state index contributed by atoms with van der Waals surface area (Å²) in [5.74, 6) is 0. The zero-order valence-corrected chi connectivity index (χ0v) is 10.5. The Morgan fingerprint density at radius 2 is 1.89 bits per heavy atom. The Hall–Kier alpha value is -2.07. The summed E-state index contributed by atoms with van der Waals surface area (Å²) in [6.07, 6.45) is 4.26. The summed E-state index contributed by atoms with van der Waals surface area (Å²) in [6, 6.07) is 13.9. The number of hydrogen-bond acceptors (Lipinski definition) is 3. The van der Waals surface area contributed by atoms with Gasteiger partial charge in [-0.25, -0.2) is 5.01 Å². The second-order valence-electron chi connectivity index (χ2n) is 4.01. The number of thiocarbonyl (C=S) groups is 1. The molecule has 4 heteroatoms. The molecule has 0 N–H and O–H groups in total. The van der Waals surface area contributed by atoms with Crippen LogP contribution >= 0.6 is 12.2 Å². The van der Waals surface area contributed by atoms with Crippen LogP contribution < -0.4 is 5.01 Å². The Bertz CT molecular complexity index is 593. The van der Waals surface area contributed by atoms with Crippen LogP contribution in [-0.4, -0.2) is 15.7 Å². The lowest BCUT2D eigenvalue weighted by Gasteiger charge is -2.12. The first-order chi connectivity index (χ1) is 8.84. The molecule has 1 aliphatic rings. The quantitative estimate of drug-likeness (QED) is 0.770. The van der Waals surface area contributed by atoms with Crippen molar-refractivity contribution in [1.29, 1.82) is 0 Å². The normalized spacial score (nSPS) is 14.8. The molecule has 0 unspecified atom stereocenters. The topological polar surface area (TPSA) is 28.5 Å². The van der Waals surface area contributed by atoms with Crippen LogP contribution in [0.1, 0.15) is 12.0 Å². The maximum Gasteiger partial charge on any atom is 0.111 e. The number of rotatable bonds is 2. The number of pyridine rings is 1. The van der Waals surface area contributed by atoms with Gasteiger partial charge in [-0.15, -0.1) is 0 Å². The molecule has 0 saturated heterocycles. The van der Waals surface area contributed by atoms with E-state index < -0.39 is 0 Å². The Kier molecular flexibility index (Phi) is 2.86. The third-order valence-electron chi connectivity index (χ3n) is 2.77. The molecule has 0 saturated carbocycles. The van der Waals surface area contributed by atoms with Gasteiger partial charge in [0, 0.05) is 24.4 Å². The molecule has 1 aromatic carbocycles. The molecule has 0 spiro atoms. The van der Waals surface area contributed by atoms with Crippen LogP contribution in [0, 0.1) is 0 Å². The van der Waals surface area contributed by atoms with Gasteiger partial charge in [0.25, 0.3) is 0 Å². The van der Waals surface area contributed by atoms with Crippen molar-refractivity contribution in [3.8, 4) is 0 Å². The lowest BCUT2D eigenvalue weighted by molar-refractivity contribution is 1.17. The average molecular weight is 253 g/mol. The standard InChI is InChI=1S/C14H11N3S/c18-14-9-13(11-5-4-8-15-10-11)16-17(14)12-6-2-1-3-7-12/h1-8,10H,9H2. The number of hydrogen-bond donors (Lipinski definition) is 0. The van der Waals surface area contributed by atoms with Gasteiger partial charge >= 0.3 is 0 Å². The highest BCUT2D eigenvalue weighted by atomic mass is 32.1. The van der Waals surface area contributed by atoms with Gasteiger partial charge in [-0.2, -0.15) is 5.10 Å². The predicted octanol–water partition coefficient (Wildman–Crippen LogP) is 3.02. The maximum atomic E-state index is 5.39. The van der Waals surface area contributed by atoms with E-state index >= 15 is 0 Å². The summed E-state index contributed by atoms with van der Waals surface area (Å²) in [6.45, 7) is 0. The van der Waals surface area contributed by atoms with Gasteiger partial charge in [0.15, 0.2) is 0 Å². The minimum Gasteiger partial charge on any atom is -0.264 e. The van der Waals surface area contributed by atoms with E-state index in [1.807, 2.05) is 53.7 Å². The number of hydrazone groups is 1. The number of aromatic nitrogens is 1. The SMILES string of the molecule is S=C1CC(c2cccnc2)=NN1c1ccccc1. The monoisotopic (exact) mass is 253 g/mol. The van der Waals surface area contributed by atoms with E-state index in [1.165, 1.54) is 0 Å². The predicted molar refractivity (Wildman–Crippen MR) is 76.9 cm³/mol. The number of benzene rings is 1. The zero-order chi connectivity index (χ0) is 12.4. The van der Waals surface area contributed by atoms with Crippen LogP contribution in [0.2, 0.25) is 0 Å². The fourth-order valence-electron chi connectivity index (χ4n) is 1.89. The number of anilines is 1. The molecule has 18 heavy (non-hydrogen) atoms. The molecule has 1 aliphatic heterocycles. The van der Waals surface area contributed by atoms with Crippen LogP contribution in [0.15, 0.2) is 60.0 Å². The maximum absolute atomic E-state index is 5.39. The minimum absolute atomic E-state index is 0.690. The lowest BCUT2D eigenvalue weighted by Crippen LogP contribution is -2.17. The van der Waals surface area contributed by atoms with Gasteiger partial charge in [0.2, 0.25) is 0 Å². The van der Waals surface area contributed by atoms with E-state index in [2.05, 4.69) is 10.1 Å². The van der Waals surface area contributed by atoms with E-state index in [0.29, 0.717) is 6.42 Å². The van der Waals surface area contributed by atoms with Gasteiger partial charge in [-0.05, 0) is 24.3 Å². The van der Waals surface area contributed by atoms with Gasteiger partial charge in [-0.3, -0.25) is 4.98 Å². The molecule has 3 rings (SSSR count). The molecule has 0 bridgehead atoms. The third kappa shape index (κ3) is 2.02. The van der Waals surface area contributed by atoms with Crippen LogP contribution in [0.3, 0.4) is 0 Å². The van der Waals surface area contributed by atoms with E-state index in [0.717, 1.165) is 22.0 Å². The first-order valence-corrected chi connectivity index (χ1v) is 6.11. The van der Waals surface area contributed by atoms with Crippen molar-refractivity contribution in [2.24, 2.45) is 5.10 Å².